The Hall–Kier alpha value is -1.04. The molecule has 0 saturated heterocycles. The molecule has 17 heavy (non-hydrogen) atoms. The van der Waals surface area contributed by atoms with E-state index in [4.69, 9.17) is 0 Å². The summed E-state index contributed by atoms with van der Waals surface area (Å²) in [6, 6.07) is 8.91. The van der Waals surface area contributed by atoms with E-state index in [1.807, 2.05) is 0 Å². The van der Waals surface area contributed by atoms with Gasteiger partial charge in [0, 0.05) is 0 Å². The van der Waals surface area contributed by atoms with Crippen molar-refractivity contribution in [3.63, 3.8) is 0 Å². The summed E-state index contributed by atoms with van der Waals surface area (Å²) in [7, 11) is 0. The van der Waals surface area contributed by atoms with E-state index < -0.39 is 0 Å². The van der Waals surface area contributed by atoms with E-state index in [1.54, 1.807) is 5.56 Å². The van der Waals surface area contributed by atoms with Crippen LogP contribution in [0.1, 0.15) is 55.6 Å². The van der Waals surface area contributed by atoms with Gasteiger partial charge < -0.3 is 0 Å². The molecule has 0 unspecified atom stereocenters. The van der Waals surface area contributed by atoms with Crippen molar-refractivity contribution in [3.05, 3.63) is 48.0 Å². The molecule has 0 aromatic heterocycles. The predicted molar refractivity (Wildman–Crippen MR) is 75.3 cm³/mol. The molecule has 2 rings (SSSR count). The highest BCUT2D eigenvalue weighted by Gasteiger charge is 2.22. The van der Waals surface area contributed by atoms with Crippen molar-refractivity contribution in [1.82, 2.24) is 0 Å². The maximum absolute atomic E-state index is 3.82. The monoisotopic (exact) mass is 228 g/mol. The molecule has 1 aromatic rings. The van der Waals surface area contributed by atoms with E-state index in [0.29, 0.717) is 0 Å². The third-order valence-corrected chi connectivity index (χ3v) is 4.25. The highest BCUT2D eigenvalue weighted by atomic mass is 14.3. The Balaban J connectivity index is 1.91. The molecule has 0 bridgehead atoms. The second-order valence-corrected chi connectivity index (χ2v) is 5.44. The molecule has 1 fully saturated rings. The van der Waals surface area contributed by atoms with E-state index in [-0.39, 0.29) is 0 Å². The molecule has 1 aliphatic carbocycles. The topological polar surface area (TPSA) is 0 Å². The zero-order valence-corrected chi connectivity index (χ0v) is 11.0. The van der Waals surface area contributed by atoms with Crippen LogP contribution >= 0.6 is 0 Å². The highest BCUT2D eigenvalue weighted by Crippen LogP contribution is 2.38. The lowest BCUT2D eigenvalue weighted by molar-refractivity contribution is 0.311. The van der Waals surface area contributed by atoms with E-state index in [1.165, 1.54) is 44.1 Å². The van der Waals surface area contributed by atoms with Crippen LogP contribution in [0, 0.1) is 12.8 Å². The molecule has 1 aliphatic rings. The first-order valence-electron chi connectivity index (χ1n) is 6.97. The van der Waals surface area contributed by atoms with Gasteiger partial charge in [-0.2, -0.15) is 0 Å². The molecule has 0 amide bonds. The van der Waals surface area contributed by atoms with Crippen LogP contribution in [0.15, 0.2) is 36.9 Å². The Kier molecular flexibility index (Phi) is 4.42. The Morgan fingerprint density at radius 2 is 1.88 bits per heavy atom. The van der Waals surface area contributed by atoms with Gasteiger partial charge in [0.25, 0.3) is 0 Å². The van der Waals surface area contributed by atoms with Crippen molar-refractivity contribution in [3.8, 4) is 0 Å². The van der Waals surface area contributed by atoms with Crippen molar-refractivity contribution in [1.29, 1.82) is 0 Å². The molecule has 0 heteroatoms. The number of aryl methyl sites for hydroxylation is 1. The highest BCUT2D eigenvalue weighted by molar-refractivity contribution is 5.29. The van der Waals surface area contributed by atoms with Gasteiger partial charge in [-0.15, -0.1) is 6.58 Å². The van der Waals surface area contributed by atoms with Gasteiger partial charge in [0.05, 0.1) is 0 Å². The second-order valence-electron chi connectivity index (χ2n) is 5.44. The minimum atomic E-state index is 0.816. The van der Waals surface area contributed by atoms with Crippen LogP contribution in [0.2, 0.25) is 0 Å². The van der Waals surface area contributed by atoms with Gasteiger partial charge in [0.15, 0.2) is 0 Å². The van der Waals surface area contributed by atoms with E-state index in [9.17, 15) is 0 Å². The van der Waals surface area contributed by atoms with E-state index in [2.05, 4.69) is 43.8 Å². The van der Waals surface area contributed by atoms with Gasteiger partial charge >= 0.3 is 0 Å². The number of allylic oxidation sites excluding steroid dienone is 1. The maximum atomic E-state index is 3.82. The van der Waals surface area contributed by atoms with Crippen LogP contribution in [0.5, 0.6) is 0 Å². The number of rotatable bonds is 4. The Labute approximate surface area is 106 Å². The summed E-state index contributed by atoms with van der Waals surface area (Å²) in [6.45, 7) is 6.07. The lowest BCUT2D eigenvalue weighted by atomic mass is 9.76. The predicted octanol–water partition coefficient (Wildman–Crippen LogP) is 5.24. The van der Waals surface area contributed by atoms with Crippen molar-refractivity contribution in [2.45, 2.75) is 51.4 Å². The zero-order chi connectivity index (χ0) is 12.1. The molecule has 0 atom stereocenters. The average Bonchev–Trinajstić information content (AvgIpc) is 2.38. The molecular weight excluding hydrogens is 204 g/mol. The molecule has 0 aliphatic heterocycles. The van der Waals surface area contributed by atoms with Crippen molar-refractivity contribution < 1.29 is 0 Å². The summed E-state index contributed by atoms with van der Waals surface area (Å²) >= 11 is 0. The third-order valence-electron chi connectivity index (χ3n) is 4.25. The Morgan fingerprint density at radius 1 is 1.18 bits per heavy atom. The summed E-state index contributed by atoms with van der Waals surface area (Å²) in [5.74, 6) is 1.77. The average molecular weight is 228 g/mol. The SMILES string of the molecule is C=CCCC1CCC(c2ccccc2C)CC1. The minimum Gasteiger partial charge on any atom is -0.103 e. The van der Waals surface area contributed by atoms with Crippen molar-refractivity contribution >= 4 is 0 Å². The molecule has 1 saturated carbocycles. The molecule has 0 nitrogen and oxygen atoms in total. The van der Waals surface area contributed by atoms with Crippen LogP contribution in [0.25, 0.3) is 0 Å². The van der Waals surface area contributed by atoms with Crippen LogP contribution in [-0.2, 0) is 0 Å². The smallest absolute Gasteiger partial charge is 0.0159 e. The van der Waals surface area contributed by atoms with Crippen LogP contribution in [0.4, 0.5) is 0 Å². The Bertz CT molecular complexity index is 356. The van der Waals surface area contributed by atoms with Gasteiger partial charge in [0.2, 0.25) is 0 Å². The minimum absolute atomic E-state index is 0.816. The van der Waals surface area contributed by atoms with Gasteiger partial charge in [-0.25, -0.2) is 0 Å². The molecular formula is C17H24. The fourth-order valence-electron chi connectivity index (χ4n) is 3.16. The second kappa shape index (κ2) is 6.05. The Morgan fingerprint density at radius 3 is 2.53 bits per heavy atom. The standard InChI is InChI=1S/C17H24/c1-3-4-8-15-10-12-16(13-11-15)17-9-6-5-7-14(17)2/h3,5-7,9,15-16H,1,4,8,10-13H2,2H3. The summed E-state index contributed by atoms with van der Waals surface area (Å²) in [5, 5.41) is 0. The molecule has 0 N–H and O–H groups in total. The summed E-state index contributed by atoms with van der Waals surface area (Å²) < 4.78 is 0. The summed E-state index contributed by atoms with van der Waals surface area (Å²) in [6.07, 6.45) is 10.2. The lowest BCUT2D eigenvalue weighted by Gasteiger charge is -2.29. The van der Waals surface area contributed by atoms with E-state index >= 15 is 0 Å². The van der Waals surface area contributed by atoms with Crippen molar-refractivity contribution in [2.24, 2.45) is 5.92 Å². The first kappa shape index (κ1) is 12.4. The van der Waals surface area contributed by atoms with E-state index in [0.717, 1.165) is 11.8 Å². The summed E-state index contributed by atoms with van der Waals surface area (Å²) in [5.41, 5.74) is 3.07. The fourth-order valence-corrected chi connectivity index (χ4v) is 3.16. The first-order chi connectivity index (χ1) is 8.31. The normalized spacial score (nSPS) is 24.5. The fraction of sp³-hybridized carbons (Fsp3) is 0.529. The van der Waals surface area contributed by atoms with Crippen LogP contribution in [-0.4, -0.2) is 0 Å². The lowest BCUT2D eigenvalue weighted by Crippen LogP contribution is -2.13. The maximum Gasteiger partial charge on any atom is -0.0159 e. The molecule has 0 radical (unpaired) electrons. The largest absolute Gasteiger partial charge is 0.103 e. The van der Waals surface area contributed by atoms with Crippen LogP contribution in [0.3, 0.4) is 0 Å². The molecule has 1 aromatic carbocycles. The first-order valence-corrected chi connectivity index (χ1v) is 6.97. The number of benzene rings is 1. The molecule has 0 heterocycles. The third kappa shape index (κ3) is 3.21. The van der Waals surface area contributed by atoms with Crippen LogP contribution < -0.4 is 0 Å². The van der Waals surface area contributed by atoms with Gasteiger partial charge in [-0.05, 0) is 68.4 Å². The molecule has 92 valence electrons. The van der Waals surface area contributed by atoms with Gasteiger partial charge in [0.1, 0.15) is 0 Å². The van der Waals surface area contributed by atoms with Gasteiger partial charge in [-0.1, -0.05) is 30.3 Å². The molecule has 0 spiro atoms. The quantitative estimate of drug-likeness (QED) is 0.619. The number of hydrogen-bond donors (Lipinski definition) is 0. The van der Waals surface area contributed by atoms with Crippen molar-refractivity contribution in [2.75, 3.05) is 0 Å². The summed E-state index contributed by atoms with van der Waals surface area (Å²) in [4.78, 5) is 0. The number of hydrogen-bond acceptors (Lipinski definition) is 0. The zero-order valence-electron chi connectivity index (χ0n) is 11.0. The van der Waals surface area contributed by atoms with Gasteiger partial charge in [-0.3, -0.25) is 0 Å².